The van der Waals surface area contributed by atoms with Gasteiger partial charge in [0.1, 0.15) is 0 Å². The van der Waals surface area contributed by atoms with Gasteiger partial charge in [-0.05, 0) is 23.1 Å². The smallest absolute Gasteiger partial charge is 0.315 e. The van der Waals surface area contributed by atoms with Crippen LogP contribution >= 0.6 is 22.9 Å². The predicted octanol–water partition coefficient (Wildman–Crippen LogP) is 4.18. The van der Waals surface area contributed by atoms with Gasteiger partial charge in [-0.2, -0.15) is 0 Å². The van der Waals surface area contributed by atoms with Gasteiger partial charge in [0, 0.05) is 21.9 Å². The minimum absolute atomic E-state index is 0.163. The zero-order chi connectivity index (χ0) is 15.3. The third kappa shape index (κ3) is 4.48. The van der Waals surface area contributed by atoms with Crippen LogP contribution in [0.5, 0.6) is 0 Å². The highest BCUT2D eigenvalue weighted by Crippen LogP contribution is 2.28. The summed E-state index contributed by atoms with van der Waals surface area (Å²) in [6.07, 6.45) is 0. The van der Waals surface area contributed by atoms with Crippen LogP contribution in [0.3, 0.4) is 0 Å². The minimum Gasteiger partial charge on any atom is -0.337 e. The molecule has 0 atom stereocenters. The van der Waals surface area contributed by atoms with Gasteiger partial charge in [0.05, 0.1) is 6.54 Å². The molecule has 1 heterocycles. The number of thiophene rings is 1. The monoisotopic (exact) mass is 322 g/mol. The number of hydrogen-bond donors (Lipinski definition) is 2. The second kappa shape index (κ2) is 6.96. The molecule has 0 saturated heterocycles. The van der Waals surface area contributed by atoms with E-state index in [4.69, 9.17) is 11.6 Å². The van der Waals surface area contributed by atoms with E-state index in [9.17, 15) is 4.79 Å². The summed E-state index contributed by atoms with van der Waals surface area (Å²) in [7, 11) is 0. The number of halogens is 1. The van der Waals surface area contributed by atoms with Gasteiger partial charge in [0.2, 0.25) is 0 Å². The molecule has 1 aromatic carbocycles. The molecule has 0 aliphatic heterocycles. The fourth-order valence-corrected chi connectivity index (χ4v) is 3.09. The summed E-state index contributed by atoms with van der Waals surface area (Å²) >= 11 is 7.85. The lowest BCUT2D eigenvalue weighted by atomic mass is 9.84. The minimum atomic E-state index is -0.224. The normalized spacial score (nSPS) is 11.2. The van der Waals surface area contributed by atoms with E-state index >= 15 is 0 Å². The maximum absolute atomic E-state index is 11.9. The molecule has 0 saturated carbocycles. The number of carbonyl (C=O) groups excluding carboxylic acids is 1. The van der Waals surface area contributed by atoms with Crippen molar-refractivity contribution in [3.8, 4) is 0 Å². The highest BCUT2D eigenvalue weighted by atomic mass is 35.5. The molecule has 0 spiro atoms. The van der Waals surface area contributed by atoms with E-state index in [1.54, 1.807) is 11.3 Å². The van der Waals surface area contributed by atoms with Gasteiger partial charge in [0.15, 0.2) is 0 Å². The van der Waals surface area contributed by atoms with Gasteiger partial charge in [0.25, 0.3) is 0 Å². The van der Waals surface area contributed by atoms with Gasteiger partial charge in [-0.15, -0.1) is 11.3 Å². The van der Waals surface area contributed by atoms with E-state index in [0.717, 1.165) is 15.5 Å². The van der Waals surface area contributed by atoms with Crippen LogP contribution in [-0.2, 0) is 12.0 Å². The molecule has 0 unspecified atom stereocenters. The maximum atomic E-state index is 11.9. The van der Waals surface area contributed by atoms with Crippen molar-refractivity contribution in [1.29, 1.82) is 0 Å². The lowest BCUT2D eigenvalue weighted by molar-refractivity contribution is 0.238. The Bertz CT molecular complexity index is 596. The van der Waals surface area contributed by atoms with Crippen LogP contribution in [0.2, 0.25) is 5.02 Å². The summed E-state index contributed by atoms with van der Waals surface area (Å²) in [5.74, 6) is 0. The first kappa shape index (κ1) is 15.9. The number of urea groups is 1. The molecule has 2 rings (SSSR count). The summed E-state index contributed by atoms with van der Waals surface area (Å²) in [6.45, 7) is 5.20. The Morgan fingerprint density at radius 3 is 2.62 bits per heavy atom. The van der Waals surface area contributed by atoms with Crippen molar-refractivity contribution >= 4 is 29.0 Å². The van der Waals surface area contributed by atoms with Crippen molar-refractivity contribution in [2.45, 2.75) is 25.8 Å². The Kier molecular flexibility index (Phi) is 5.26. The predicted molar refractivity (Wildman–Crippen MR) is 89.0 cm³/mol. The molecule has 21 heavy (non-hydrogen) atoms. The van der Waals surface area contributed by atoms with Crippen molar-refractivity contribution in [3.63, 3.8) is 0 Å². The Balaban J connectivity index is 1.86. The molecule has 1 aromatic heterocycles. The average molecular weight is 323 g/mol. The van der Waals surface area contributed by atoms with Gasteiger partial charge in [-0.1, -0.05) is 49.7 Å². The molecule has 2 aromatic rings. The summed E-state index contributed by atoms with van der Waals surface area (Å²) in [5.41, 5.74) is 0.809. The van der Waals surface area contributed by atoms with Crippen LogP contribution in [0.25, 0.3) is 0 Å². The van der Waals surface area contributed by atoms with Crippen LogP contribution in [-0.4, -0.2) is 12.6 Å². The Hall–Kier alpha value is -1.52. The van der Waals surface area contributed by atoms with Gasteiger partial charge >= 0.3 is 6.03 Å². The van der Waals surface area contributed by atoms with E-state index in [2.05, 4.69) is 24.5 Å². The number of carbonyl (C=O) groups is 1. The number of benzene rings is 1. The molecular weight excluding hydrogens is 304 g/mol. The van der Waals surface area contributed by atoms with E-state index in [0.29, 0.717) is 13.1 Å². The first-order valence-electron chi connectivity index (χ1n) is 6.78. The maximum Gasteiger partial charge on any atom is 0.315 e. The number of nitrogens with one attached hydrogen (secondary N) is 2. The van der Waals surface area contributed by atoms with Crippen molar-refractivity contribution in [1.82, 2.24) is 10.6 Å². The number of amides is 2. The number of rotatable bonds is 5. The SMILES string of the molecule is CC(C)(CNC(=O)NCc1cccs1)c1ccccc1Cl. The summed E-state index contributed by atoms with van der Waals surface area (Å²) in [4.78, 5) is 13.0. The highest BCUT2D eigenvalue weighted by molar-refractivity contribution is 7.09. The van der Waals surface area contributed by atoms with Crippen molar-refractivity contribution < 1.29 is 4.79 Å². The third-order valence-electron chi connectivity index (χ3n) is 3.30. The van der Waals surface area contributed by atoms with Crippen molar-refractivity contribution in [2.75, 3.05) is 6.54 Å². The summed E-state index contributed by atoms with van der Waals surface area (Å²) in [6, 6.07) is 11.5. The molecule has 2 N–H and O–H groups in total. The van der Waals surface area contributed by atoms with Crippen LogP contribution in [0, 0.1) is 0 Å². The van der Waals surface area contributed by atoms with E-state index < -0.39 is 0 Å². The van der Waals surface area contributed by atoms with Crippen molar-refractivity contribution in [3.05, 3.63) is 57.2 Å². The van der Waals surface area contributed by atoms with Crippen LogP contribution in [0.15, 0.2) is 41.8 Å². The van der Waals surface area contributed by atoms with Gasteiger partial charge in [-0.3, -0.25) is 0 Å². The lowest BCUT2D eigenvalue weighted by Crippen LogP contribution is -2.42. The van der Waals surface area contributed by atoms with Crippen LogP contribution in [0.1, 0.15) is 24.3 Å². The molecular formula is C16H19ClN2OS. The molecule has 0 bridgehead atoms. The standard InChI is InChI=1S/C16H19ClN2OS/c1-16(2,13-7-3-4-8-14(13)17)11-19-15(20)18-10-12-6-5-9-21-12/h3-9H,10-11H2,1-2H3,(H2,18,19,20). The average Bonchev–Trinajstić information content (AvgIpc) is 2.96. The topological polar surface area (TPSA) is 41.1 Å². The molecule has 0 aliphatic rings. The van der Waals surface area contributed by atoms with Gasteiger partial charge in [-0.25, -0.2) is 4.79 Å². The van der Waals surface area contributed by atoms with E-state index in [-0.39, 0.29) is 11.4 Å². The molecule has 0 fully saturated rings. The first-order chi connectivity index (χ1) is 9.99. The fourth-order valence-electron chi connectivity index (χ4n) is 2.05. The molecule has 112 valence electrons. The first-order valence-corrected chi connectivity index (χ1v) is 8.04. The largest absolute Gasteiger partial charge is 0.337 e. The van der Waals surface area contributed by atoms with Crippen LogP contribution in [0.4, 0.5) is 4.79 Å². The van der Waals surface area contributed by atoms with Gasteiger partial charge < -0.3 is 10.6 Å². The quantitative estimate of drug-likeness (QED) is 0.852. The van der Waals surface area contributed by atoms with E-state index in [1.165, 1.54) is 0 Å². The van der Waals surface area contributed by atoms with E-state index in [1.807, 2.05) is 41.8 Å². The molecule has 0 aliphatic carbocycles. The zero-order valence-corrected chi connectivity index (χ0v) is 13.7. The lowest BCUT2D eigenvalue weighted by Gasteiger charge is -2.26. The Labute approximate surface area is 134 Å². The summed E-state index contributed by atoms with van der Waals surface area (Å²) < 4.78 is 0. The van der Waals surface area contributed by atoms with Crippen LogP contribution < -0.4 is 10.6 Å². The molecule has 2 amide bonds. The summed E-state index contributed by atoms with van der Waals surface area (Å²) in [5, 5.41) is 8.48. The zero-order valence-electron chi connectivity index (χ0n) is 12.2. The Morgan fingerprint density at radius 1 is 1.19 bits per heavy atom. The van der Waals surface area contributed by atoms with Crippen molar-refractivity contribution in [2.24, 2.45) is 0 Å². The molecule has 5 heteroatoms. The second-order valence-electron chi connectivity index (χ2n) is 5.48. The Morgan fingerprint density at radius 2 is 1.95 bits per heavy atom. The molecule has 0 radical (unpaired) electrons. The molecule has 3 nitrogen and oxygen atoms in total. The fraction of sp³-hybridized carbons (Fsp3) is 0.312. The highest BCUT2D eigenvalue weighted by Gasteiger charge is 2.23. The number of hydrogen-bond acceptors (Lipinski definition) is 2. The second-order valence-corrected chi connectivity index (χ2v) is 6.92. The third-order valence-corrected chi connectivity index (χ3v) is 4.50.